The van der Waals surface area contributed by atoms with Crippen molar-refractivity contribution in [2.45, 2.75) is 19.3 Å². The number of aromatic nitrogens is 1. The van der Waals surface area contributed by atoms with E-state index in [2.05, 4.69) is 9.88 Å². The van der Waals surface area contributed by atoms with Gasteiger partial charge in [-0.05, 0) is 31.4 Å². The van der Waals surface area contributed by atoms with Crippen LogP contribution >= 0.6 is 0 Å². The third-order valence-corrected chi connectivity index (χ3v) is 3.35. The molecule has 0 radical (unpaired) electrons. The topological polar surface area (TPSA) is 66.3 Å². The lowest BCUT2D eigenvalue weighted by molar-refractivity contribution is 0.527. The molecule has 2 heterocycles. The highest BCUT2D eigenvalue weighted by atomic mass is 16.4. The van der Waals surface area contributed by atoms with Crippen molar-refractivity contribution in [3.63, 3.8) is 0 Å². The minimum absolute atomic E-state index is 0.354. The van der Waals surface area contributed by atoms with Crippen LogP contribution in [0.25, 0.3) is 11.0 Å². The maximum atomic E-state index is 11.6. The van der Waals surface area contributed by atoms with Crippen molar-refractivity contribution in [2.24, 2.45) is 0 Å². The third-order valence-electron chi connectivity index (χ3n) is 3.35. The second-order valence-corrected chi connectivity index (χ2v) is 4.57. The van der Waals surface area contributed by atoms with Gasteiger partial charge in [0.15, 0.2) is 0 Å². The zero-order chi connectivity index (χ0) is 12.5. The Balaban J connectivity index is 2.10. The maximum Gasteiger partial charge on any atom is 0.419 e. The van der Waals surface area contributed by atoms with Gasteiger partial charge in [0.2, 0.25) is 0 Å². The van der Waals surface area contributed by atoms with Crippen LogP contribution < -0.4 is 16.2 Å². The van der Waals surface area contributed by atoms with E-state index in [0.29, 0.717) is 11.0 Å². The SMILES string of the molecule is O=c1[nH]c(=O)c2ccc(N3CCCCC3)cc2o1. The molecule has 5 nitrogen and oxygen atoms in total. The van der Waals surface area contributed by atoms with Crippen molar-refractivity contribution >= 4 is 16.7 Å². The number of H-pyrrole nitrogens is 1. The van der Waals surface area contributed by atoms with E-state index >= 15 is 0 Å². The van der Waals surface area contributed by atoms with Crippen LogP contribution in [0.4, 0.5) is 5.69 Å². The molecule has 0 bridgehead atoms. The van der Waals surface area contributed by atoms with E-state index in [-0.39, 0.29) is 0 Å². The van der Waals surface area contributed by atoms with Gasteiger partial charge in [0, 0.05) is 24.8 Å². The fourth-order valence-electron chi connectivity index (χ4n) is 2.42. The highest BCUT2D eigenvalue weighted by Crippen LogP contribution is 2.22. The molecule has 2 aromatic rings. The highest BCUT2D eigenvalue weighted by Gasteiger charge is 2.12. The summed E-state index contributed by atoms with van der Waals surface area (Å²) in [5.41, 5.74) is 0.967. The quantitative estimate of drug-likeness (QED) is 0.827. The summed E-state index contributed by atoms with van der Waals surface area (Å²) in [5, 5.41) is 0.412. The minimum atomic E-state index is -0.705. The number of fused-ring (bicyclic) bond motifs is 1. The first-order valence-corrected chi connectivity index (χ1v) is 6.16. The summed E-state index contributed by atoms with van der Waals surface area (Å²) in [7, 11) is 0. The number of hydrogen-bond acceptors (Lipinski definition) is 4. The Hall–Kier alpha value is -2.04. The van der Waals surface area contributed by atoms with E-state index in [0.717, 1.165) is 18.8 Å². The summed E-state index contributed by atoms with van der Waals surface area (Å²) in [4.78, 5) is 27.1. The van der Waals surface area contributed by atoms with Crippen LogP contribution in [0.1, 0.15) is 19.3 Å². The summed E-state index contributed by atoms with van der Waals surface area (Å²) < 4.78 is 5.04. The molecule has 0 aliphatic carbocycles. The van der Waals surface area contributed by atoms with Gasteiger partial charge >= 0.3 is 5.76 Å². The summed E-state index contributed by atoms with van der Waals surface area (Å²) in [6.45, 7) is 2.03. The average molecular weight is 246 g/mol. The molecule has 5 heteroatoms. The molecule has 0 atom stereocenters. The van der Waals surface area contributed by atoms with Crippen LogP contribution in [0.15, 0.2) is 32.2 Å². The zero-order valence-electron chi connectivity index (χ0n) is 9.94. The molecule has 1 N–H and O–H groups in total. The summed E-state index contributed by atoms with van der Waals surface area (Å²) in [6, 6.07) is 5.39. The molecular formula is C13H14N2O3. The van der Waals surface area contributed by atoms with Gasteiger partial charge in [-0.15, -0.1) is 0 Å². The Morgan fingerprint density at radius 1 is 1.11 bits per heavy atom. The van der Waals surface area contributed by atoms with Gasteiger partial charge in [0.25, 0.3) is 5.56 Å². The van der Waals surface area contributed by atoms with E-state index in [4.69, 9.17) is 4.42 Å². The lowest BCUT2D eigenvalue weighted by Gasteiger charge is -2.28. The van der Waals surface area contributed by atoms with E-state index in [1.165, 1.54) is 19.3 Å². The molecular weight excluding hydrogens is 232 g/mol. The fourth-order valence-corrected chi connectivity index (χ4v) is 2.42. The average Bonchev–Trinajstić information content (AvgIpc) is 2.39. The number of piperidine rings is 1. The molecule has 1 fully saturated rings. The number of anilines is 1. The van der Waals surface area contributed by atoms with Crippen molar-refractivity contribution in [2.75, 3.05) is 18.0 Å². The highest BCUT2D eigenvalue weighted by molar-refractivity contribution is 5.79. The van der Waals surface area contributed by atoms with Crippen molar-refractivity contribution < 1.29 is 4.42 Å². The number of nitrogens with zero attached hydrogens (tertiary/aromatic N) is 1. The van der Waals surface area contributed by atoms with Gasteiger partial charge in [-0.25, -0.2) is 4.79 Å². The Bertz CT molecular complexity index is 680. The molecule has 1 saturated heterocycles. The monoisotopic (exact) mass is 246 g/mol. The van der Waals surface area contributed by atoms with Crippen molar-refractivity contribution in [3.05, 3.63) is 39.1 Å². The zero-order valence-corrected chi connectivity index (χ0v) is 9.94. The number of hydrogen-bond donors (Lipinski definition) is 1. The van der Waals surface area contributed by atoms with Crippen LogP contribution in [0.3, 0.4) is 0 Å². The van der Waals surface area contributed by atoms with Crippen molar-refractivity contribution in [1.29, 1.82) is 0 Å². The second kappa shape index (κ2) is 4.33. The molecule has 1 aromatic heterocycles. The van der Waals surface area contributed by atoms with E-state index in [1.807, 2.05) is 6.07 Å². The van der Waals surface area contributed by atoms with E-state index in [1.54, 1.807) is 12.1 Å². The summed E-state index contributed by atoms with van der Waals surface area (Å²) >= 11 is 0. The number of benzene rings is 1. The van der Waals surface area contributed by atoms with Crippen LogP contribution in [0, 0.1) is 0 Å². The van der Waals surface area contributed by atoms with Crippen LogP contribution in [-0.4, -0.2) is 18.1 Å². The van der Waals surface area contributed by atoms with Gasteiger partial charge in [0.1, 0.15) is 5.58 Å². The second-order valence-electron chi connectivity index (χ2n) is 4.57. The minimum Gasteiger partial charge on any atom is -0.409 e. The van der Waals surface area contributed by atoms with Crippen LogP contribution in [0.5, 0.6) is 0 Å². The van der Waals surface area contributed by atoms with Gasteiger partial charge in [-0.1, -0.05) is 0 Å². The maximum absolute atomic E-state index is 11.6. The molecule has 0 saturated carbocycles. The molecule has 0 unspecified atom stereocenters. The number of aromatic amines is 1. The van der Waals surface area contributed by atoms with E-state index in [9.17, 15) is 9.59 Å². The summed E-state index contributed by atoms with van der Waals surface area (Å²) in [6.07, 6.45) is 3.62. The molecule has 94 valence electrons. The van der Waals surface area contributed by atoms with Crippen LogP contribution in [0.2, 0.25) is 0 Å². The molecule has 3 rings (SSSR count). The number of rotatable bonds is 1. The van der Waals surface area contributed by atoms with Gasteiger partial charge < -0.3 is 9.32 Å². The van der Waals surface area contributed by atoms with Gasteiger partial charge in [-0.2, -0.15) is 0 Å². The third kappa shape index (κ3) is 1.92. The molecule has 0 spiro atoms. The molecule has 18 heavy (non-hydrogen) atoms. The molecule has 1 aliphatic heterocycles. The van der Waals surface area contributed by atoms with Crippen molar-refractivity contribution in [3.8, 4) is 0 Å². The Labute approximate surface area is 103 Å². The fraction of sp³-hybridized carbons (Fsp3) is 0.385. The lowest BCUT2D eigenvalue weighted by atomic mass is 10.1. The van der Waals surface area contributed by atoms with E-state index < -0.39 is 11.3 Å². The van der Waals surface area contributed by atoms with Gasteiger partial charge in [-0.3, -0.25) is 9.78 Å². The first kappa shape index (κ1) is 11.1. The largest absolute Gasteiger partial charge is 0.419 e. The predicted molar refractivity (Wildman–Crippen MR) is 69.2 cm³/mol. The standard InChI is InChI=1S/C13H14N2O3/c16-12-10-5-4-9(15-6-2-1-3-7-15)8-11(10)18-13(17)14-12/h4-5,8H,1-3,6-7H2,(H,14,16,17). The van der Waals surface area contributed by atoms with Crippen LogP contribution in [-0.2, 0) is 0 Å². The first-order chi connectivity index (χ1) is 8.74. The molecule has 1 aliphatic rings. The number of nitrogens with one attached hydrogen (secondary N) is 1. The Morgan fingerprint density at radius 2 is 1.89 bits per heavy atom. The van der Waals surface area contributed by atoms with Crippen molar-refractivity contribution in [1.82, 2.24) is 4.98 Å². The normalized spacial score (nSPS) is 16.1. The first-order valence-electron chi connectivity index (χ1n) is 6.16. The summed E-state index contributed by atoms with van der Waals surface area (Å²) in [5.74, 6) is -0.705. The Kier molecular flexibility index (Phi) is 2.66. The predicted octanol–water partition coefficient (Wildman–Crippen LogP) is 1.47. The lowest BCUT2D eigenvalue weighted by Crippen LogP contribution is -2.29. The van der Waals surface area contributed by atoms with Gasteiger partial charge in [0.05, 0.1) is 5.39 Å². The smallest absolute Gasteiger partial charge is 0.409 e. The Morgan fingerprint density at radius 3 is 2.67 bits per heavy atom. The molecule has 0 amide bonds. The molecule has 1 aromatic carbocycles.